The standard InChI is InChI=1S/C19H18ClN5O/c20-14-9-21-17-12-4-2-1-3-11(12)15(26)8-7-13-16(10-5-6-10)24-25-18(13)23-19(14)22-17/h1-4,7-10,15,18,24-26H,5-6H2,(H,21,22,23)/b8-7-. The summed E-state index contributed by atoms with van der Waals surface area (Å²) in [6.45, 7) is 0. The number of nitrogens with zero attached hydrogens (tertiary/aromatic N) is 2. The van der Waals surface area contributed by atoms with Crippen LogP contribution in [0.5, 0.6) is 0 Å². The molecule has 0 saturated heterocycles. The topological polar surface area (TPSA) is 82.1 Å². The van der Waals surface area contributed by atoms with Crippen molar-refractivity contribution in [1.82, 2.24) is 20.8 Å². The predicted octanol–water partition coefficient (Wildman–Crippen LogP) is 2.91. The average Bonchev–Trinajstić information content (AvgIpc) is 3.43. The third kappa shape index (κ3) is 2.67. The van der Waals surface area contributed by atoms with Crippen molar-refractivity contribution in [1.29, 1.82) is 0 Å². The Bertz CT molecular complexity index is 937. The van der Waals surface area contributed by atoms with Gasteiger partial charge in [-0.1, -0.05) is 48.0 Å². The van der Waals surface area contributed by atoms with Crippen LogP contribution in [-0.2, 0) is 0 Å². The van der Waals surface area contributed by atoms with Crippen molar-refractivity contribution >= 4 is 17.4 Å². The summed E-state index contributed by atoms with van der Waals surface area (Å²) in [6.07, 6.45) is 6.81. The molecule has 7 heteroatoms. The van der Waals surface area contributed by atoms with Crippen LogP contribution in [0, 0.1) is 5.92 Å². The molecule has 3 heterocycles. The third-order valence-electron chi connectivity index (χ3n) is 4.96. The second-order valence-electron chi connectivity index (χ2n) is 6.77. The number of benzene rings is 1. The van der Waals surface area contributed by atoms with Gasteiger partial charge in [-0.3, -0.25) is 0 Å². The molecule has 132 valence electrons. The second-order valence-corrected chi connectivity index (χ2v) is 7.18. The fourth-order valence-corrected chi connectivity index (χ4v) is 3.60. The minimum atomic E-state index is -0.749. The molecule has 1 aliphatic carbocycles. The van der Waals surface area contributed by atoms with E-state index >= 15 is 0 Å². The molecule has 2 unspecified atom stereocenters. The van der Waals surface area contributed by atoms with Gasteiger partial charge in [0.05, 0.1) is 12.3 Å². The van der Waals surface area contributed by atoms with Crippen molar-refractivity contribution in [3.63, 3.8) is 0 Å². The van der Waals surface area contributed by atoms with Crippen molar-refractivity contribution in [3.8, 4) is 11.4 Å². The number of rotatable bonds is 1. The first kappa shape index (κ1) is 15.8. The lowest BCUT2D eigenvalue weighted by Gasteiger charge is -2.16. The molecule has 4 N–H and O–H groups in total. The summed E-state index contributed by atoms with van der Waals surface area (Å²) in [5, 5.41) is 14.6. The van der Waals surface area contributed by atoms with Crippen LogP contribution in [-0.4, -0.2) is 21.2 Å². The third-order valence-corrected chi connectivity index (χ3v) is 5.24. The van der Waals surface area contributed by atoms with Gasteiger partial charge in [-0.2, -0.15) is 0 Å². The average molecular weight is 368 g/mol. The van der Waals surface area contributed by atoms with Crippen molar-refractivity contribution < 1.29 is 5.11 Å². The van der Waals surface area contributed by atoms with E-state index in [1.165, 1.54) is 18.5 Å². The van der Waals surface area contributed by atoms with Crippen LogP contribution in [0.4, 0.5) is 5.82 Å². The van der Waals surface area contributed by atoms with Gasteiger partial charge in [0.15, 0.2) is 5.82 Å². The lowest BCUT2D eigenvalue weighted by molar-refractivity contribution is 0.229. The maximum atomic E-state index is 10.8. The number of fused-ring (bicyclic) bond motifs is 5. The van der Waals surface area contributed by atoms with E-state index in [4.69, 9.17) is 11.6 Å². The monoisotopic (exact) mass is 367 g/mol. The molecular formula is C19H18ClN5O. The van der Waals surface area contributed by atoms with Crippen LogP contribution in [0.15, 0.2) is 53.9 Å². The number of aliphatic hydroxyl groups is 1. The normalized spacial score (nSPS) is 25.5. The molecule has 2 atom stereocenters. The molecule has 3 aliphatic rings. The van der Waals surface area contributed by atoms with Crippen LogP contribution in [0.1, 0.15) is 24.5 Å². The summed E-state index contributed by atoms with van der Waals surface area (Å²) in [4.78, 5) is 8.97. The Hall–Kier alpha value is -2.41. The van der Waals surface area contributed by atoms with Crippen LogP contribution in [0.25, 0.3) is 11.4 Å². The van der Waals surface area contributed by atoms with Crippen molar-refractivity contribution in [2.75, 3.05) is 5.32 Å². The molecular weight excluding hydrogens is 350 g/mol. The summed E-state index contributed by atoms with van der Waals surface area (Å²) < 4.78 is 0. The summed E-state index contributed by atoms with van der Waals surface area (Å²) in [6, 6.07) is 7.62. The van der Waals surface area contributed by atoms with E-state index in [1.54, 1.807) is 6.20 Å². The number of hydrazine groups is 1. The number of allylic oxidation sites excluding steroid dienone is 1. The Morgan fingerprint density at radius 1 is 1.19 bits per heavy atom. The lowest BCUT2D eigenvalue weighted by atomic mass is 10.00. The maximum Gasteiger partial charge on any atom is 0.161 e. The van der Waals surface area contributed by atoms with Gasteiger partial charge in [-0.25, -0.2) is 15.4 Å². The number of halogens is 1. The van der Waals surface area contributed by atoms with Gasteiger partial charge in [-0.05, 0) is 18.4 Å². The van der Waals surface area contributed by atoms with E-state index in [0.717, 1.165) is 16.7 Å². The zero-order valence-electron chi connectivity index (χ0n) is 13.9. The van der Waals surface area contributed by atoms with Crippen molar-refractivity contribution in [2.45, 2.75) is 25.1 Å². The number of aromatic nitrogens is 2. The molecule has 1 fully saturated rings. The number of hydrogen-bond donors (Lipinski definition) is 4. The summed E-state index contributed by atoms with van der Waals surface area (Å²) in [5.74, 6) is 1.63. The summed E-state index contributed by atoms with van der Waals surface area (Å²) in [5.41, 5.74) is 10.3. The Morgan fingerprint density at radius 3 is 2.88 bits per heavy atom. The number of nitrogens with one attached hydrogen (secondary N) is 3. The van der Waals surface area contributed by atoms with Crippen LogP contribution in [0.3, 0.4) is 0 Å². The molecule has 26 heavy (non-hydrogen) atoms. The zero-order valence-corrected chi connectivity index (χ0v) is 14.7. The number of aliphatic hydroxyl groups excluding tert-OH is 1. The molecule has 0 radical (unpaired) electrons. The predicted molar refractivity (Wildman–Crippen MR) is 100 cm³/mol. The molecule has 2 aliphatic heterocycles. The Morgan fingerprint density at radius 2 is 2.04 bits per heavy atom. The number of hydrogen-bond acceptors (Lipinski definition) is 6. The van der Waals surface area contributed by atoms with Crippen LogP contribution >= 0.6 is 11.6 Å². The highest BCUT2D eigenvalue weighted by molar-refractivity contribution is 6.32. The SMILES string of the molecule is OC1/C=C\C2=C(C3CC3)NNC2Nc2nc(ncc2Cl)-c2ccccc21. The summed E-state index contributed by atoms with van der Waals surface area (Å²) >= 11 is 6.33. The minimum absolute atomic E-state index is 0.185. The Labute approximate surface area is 156 Å². The zero-order chi connectivity index (χ0) is 17.7. The fraction of sp³-hybridized carbons (Fsp3) is 0.263. The molecule has 6 nitrogen and oxygen atoms in total. The van der Waals surface area contributed by atoms with Gasteiger partial charge in [-0.15, -0.1) is 0 Å². The first-order valence-electron chi connectivity index (χ1n) is 8.71. The fourth-order valence-electron chi connectivity index (χ4n) is 3.46. The molecule has 5 rings (SSSR count). The van der Waals surface area contributed by atoms with Crippen LogP contribution < -0.4 is 16.2 Å². The lowest BCUT2D eigenvalue weighted by Crippen LogP contribution is -2.38. The van der Waals surface area contributed by atoms with E-state index in [-0.39, 0.29) is 6.17 Å². The maximum absolute atomic E-state index is 10.8. The number of anilines is 1. The Balaban J connectivity index is 1.69. The van der Waals surface area contributed by atoms with E-state index in [0.29, 0.717) is 22.6 Å². The highest BCUT2D eigenvalue weighted by Crippen LogP contribution is 2.40. The second kappa shape index (κ2) is 6.09. The van der Waals surface area contributed by atoms with Gasteiger partial charge in [0, 0.05) is 22.8 Å². The molecule has 1 aromatic heterocycles. The molecule has 2 aromatic rings. The molecule has 0 spiro atoms. The highest BCUT2D eigenvalue weighted by Gasteiger charge is 2.35. The van der Waals surface area contributed by atoms with E-state index in [9.17, 15) is 5.11 Å². The van der Waals surface area contributed by atoms with Gasteiger partial charge < -0.3 is 15.8 Å². The molecule has 1 aromatic carbocycles. The molecule has 0 amide bonds. The quantitative estimate of drug-likeness (QED) is 0.620. The highest BCUT2D eigenvalue weighted by atomic mass is 35.5. The van der Waals surface area contributed by atoms with E-state index in [2.05, 4.69) is 26.1 Å². The minimum Gasteiger partial charge on any atom is -0.384 e. The van der Waals surface area contributed by atoms with Gasteiger partial charge >= 0.3 is 0 Å². The van der Waals surface area contributed by atoms with Gasteiger partial charge in [0.25, 0.3) is 0 Å². The van der Waals surface area contributed by atoms with Crippen LogP contribution in [0.2, 0.25) is 5.02 Å². The molecule has 2 bridgehead atoms. The van der Waals surface area contributed by atoms with Gasteiger partial charge in [0.1, 0.15) is 17.0 Å². The first-order chi connectivity index (χ1) is 12.7. The van der Waals surface area contributed by atoms with E-state index < -0.39 is 6.10 Å². The van der Waals surface area contributed by atoms with Crippen molar-refractivity contribution in [2.24, 2.45) is 5.92 Å². The van der Waals surface area contributed by atoms with Crippen molar-refractivity contribution in [3.05, 3.63) is 64.5 Å². The largest absolute Gasteiger partial charge is 0.384 e. The summed E-state index contributed by atoms with van der Waals surface area (Å²) in [7, 11) is 0. The smallest absolute Gasteiger partial charge is 0.161 e. The van der Waals surface area contributed by atoms with Gasteiger partial charge in [0.2, 0.25) is 0 Å². The Kier molecular flexibility index (Phi) is 3.70. The molecule has 1 saturated carbocycles. The van der Waals surface area contributed by atoms with E-state index in [1.807, 2.05) is 36.4 Å². The first-order valence-corrected chi connectivity index (χ1v) is 9.09.